The van der Waals surface area contributed by atoms with Crippen molar-refractivity contribution in [2.75, 3.05) is 20.8 Å². The molecule has 0 fully saturated rings. The number of benzene rings is 3. The fraction of sp³-hybridized carbons (Fsp3) is 0.214. The van der Waals surface area contributed by atoms with E-state index in [-0.39, 0.29) is 23.8 Å². The maximum absolute atomic E-state index is 12.5. The van der Waals surface area contributed by atoms with Crippen LogP contribution in [0.3, 0.4) is 0 Å². The van der Waals surface area contributed by atoms with Gasteiger partial charge in [0.05, 0.1) is 20.1 Å². The molecular formula is C28H26N2O6. The summed E-state index contributed by atoms with van der Waals surface area (Å²) in [6.07, 6.45) is 0. The molecular weight excluding hydrogens is 460 g/mol. The van der Waals surface area contributed by atoms with Gasteiger partial charge in [0.2, 0.25) is 5.88 Å². The summed E-state index contributed by atoms with van der Waals surface area (Å²) in [5.41, 5.74) is 9.57. The van der Waals surface area contributed by atoms with Crippen LogP contribution in [0.5, 0.6) is 28.7 Å². The van der Waals surface area contributed by atoms with Crippen molar-refractivity contribution in [3.8, 4) is 34.8 Å². The van der Waals surface area contributed by atoms with Crippen LogP contribution in [0.2, 0.25) is 0 Å². The molecule has 0 amide bonds. The molecule has 8 heteroatoms. The number of rotatable bonds is 7. The third-order valence-corrected chi connectivity index (χ3v) is 5.91. The Morgan fingerprint density at radius 2 is 1.72 bits per heavy atom. The Morgan fingerprint density at radius 3 is 2.39 bits per heavy atom. The van der Waals surface area contributed by atoms with Crippen LogP contribution in [0.25, 0.3) is 0 Å². The molecule has 1 heterocycles. The van der Waals surface area contributed by atoms with E-state index >= 15 is 0 Å². The van der Waals surface area contributed by atoms with Crippen molar-refractivity contribution in [1.82, 2.24) is 0 Å². The molecule has 36 heavy (non-hydrogen) atoms. The molecule has 0 aliphatic carbocycles. The standard InChI is InChI=1S/C28H26N2O6/c1-16-6-5-7-17(2)27(16)34-15-25(31)35-19-8-10-20-24(13-19)36-28(30)22(14-29)26(20)21-12-18(32-3)9-11-23(21)33-4/h5-13,26H,15,30H2,1-4H3. The van der Waals surface area contributed by atoms with Gasteiger partial charge in [-0.2, -0.15) is 5.26 Å². The minimum atomic E-state index is -0.569. The second kappa shape index (κ2) is 10.3. The average Bonchev–Trinajstić information content (AvgIpc) is 2.87. The number of ether oxygens (including phenoxy) is 5. The van der Waals surface area contributed by atoms with Gasteiger partial charge in [-0.3, -0.25) is 0 Å². The summed E-state index contributed by atoms with van der Waals surface area (Å²) in [5.74, 6) is 1.26. The number of carbonyl (C=O) groups excluding carboxylic acids is 1. The van der Waals surface area contributed by atoms with E-state index in [0.29, 0.717) is 34.1 Å². The number of nitrogens with zero attached hydrogens (tertiary/aromatic N) is 1. The lowest BCUT2D eigenvalue weighted by Gasteiger charge is -2.28. The Hall–Kier alpha value is -4.64. The number of aryl methyl sites for hydroxylation is 2. The molecule has 1 unspecified atom stereocenters. The number of esters is 1. The molecule has 0 spiro atoms. The summed E-state index contributed by atoms with van der Waals surface area (Å²) in [4.78, 5) is 12.5. The number of nitrogens with two attached hydrogens (primary N) is 1. The zero-order valence-corrected chi connectivity index (χ0v) is 20.5. The second-order valence-corrected chi connectivity index (χ2v) is 8.22. The molecule has 0 bridgehead atoms. The Labute approximate surface area is 209 Å². The number of hydrogen-bond donors (Lipinski definition) is 1. The Kier molecular flexibility index (Phi) is 7.02. The van der Waals surface area contributed by atoms with Gasteiger partial charge in [0.15, 0.2) is 6.61 Å². The highest BCUT2D eigenvalue weighted by atomic mass is 16.6. The fourth-order valence-corrected chi connectivity index (χ4v) is 4.20. The second-order valence-electron chi connectivity index (χ2n) is 8.22. The van der Waals surface area contributed by atoms with E-state index in [9.17, 15) is 10.1 Å². The summed E-state index contributed by atoms with van der Waals surface area (Å²) >= 11 is 0. The molecule has 3 aromatic rings. The molecule has 1 aliphatic heterocycles. The summed E-state index contributed by atoms with van der Waals surface area (Å²) < 4.78 is 27.8. The highest BCUT2D eigenvalue weighted by molar-refractivity contribution is 5.74. The number of methoxy groups -OCH3 is 2. The van der Waals surface area contributed by atoms with E-state index in [1.165, 1.54) is 0 Å². The van der Waals surface area contributed by atoms with E-state index in [0.717, 1.165) is 11.1 Å². The molecule has 4 rings (SSSR count). The van der Waals surface area contributed by atoms with Crippen molar-refractivity contribution in [3.05, 3.63) is 88.3 Å². The summed E-state index contributed by atoms with van der Waals surface area (Å²) in [6.45, 7) is 3.57. The lowest BCUT2D eigenvalue weighted by atomic mass is 9.83. The van der Waals surface area contributed by atoms with Crippen LogP contribution in [-0.2, 0) is 4.79 Å². The number of allylic oxidation sites excluding steroid dienone is 1. The van der Waals surface area contributed by atoms with Gasteiger partial charge in [0, 0.05) is 17.2 Å². The molecule has 8 nitrogen and oxygen atoms in total. The van der Waals surface area contributed by atoms with Crippen LogP contribution in [0, 0.1) is 25.2 Å². The minimum absolute atomic E-state index is 0.0401. The van der Waals surface area contributed by atoms with Gasteiger partial charge in [-0.15, -0.1) is 0 Å². The van der Waals surface area contributed by atoms with Crippen LogP contribution >= 0.6 is 0 Å². The molecule has 1 atom stereocenters. The first-order chi connectivity index (χ1) is 17.4. The monoisotopic (exact) mass is 486 g/mol. The van der Waals surface area contributed by atoms with Crippen LogP contribution in [-0.4, -0.2) is 26.8 Å². The quantitative estimate of drug-likeness (QED) is 0.383. The third-order valence-electron chi connectivity index (χ3n) is 5.91. The van der Waals surface area contributed by atoms with Crippen molar-refractivity contribution in [1.29, 1.82) is 5.26 Å². The lowest BCUT2D eigenvalue weighted by molar-refractivity contribution is -0.136. The summed E-state index contributed by atoms with van der Waals surface area (Å²) in [5, 5.41) is 9.85. The number of fused-ring (bicyclic) bond motifs is 1. The predicted octanol–water partition coefficient (Wildman–Crippen LogP) is 4.52. The molecule has 184 valence electrons. The Bertz CT molecular complexity index is 1370. The van der Waals surface area contributed by atoms with E-state index in [1.807, 2.05) is 32.0 Å². The lowest BCUT2D eigenvalue weighted by Crippen LogP contribution is -2.22. The van der Waals surface area contributed by atoms with Crippen molar-refractivity contribution in [2.24, 2.45) is 5.73 Å². The van der Waals surface area contributed by atoms with Gasteiger partial charge in [0.1, 0.15) is 40.4 Å². The largest absolute Gasteiger partial charge is 0.497 e. The van der Waals surface area contributed by atoms with Gasteiger partial charge in [-0.25, -0.2) is 4.79 Å². The Balaban J connectivity index is 1.61. The summed E-state index contributed by atoms with van der Waals surface area (Å²) in [7, 11) is 3.11. The SMILES string of the molecule is COc1ccc(OC)c(C2C(C#N)=C(N)Oc3cc(OC(=O)COc4c(C)cccc4C)ccc32)c1. The van der Waals surface area contributed by atoms with E-state index in [1.54, 1.807) is 50.6 Å². The van der Waals surface area contributed by atoms with Crippen LogP contribution in [0.1, 0.15) is 28.2 Å². The first-order valence-corrected chi connectivity index (χ1v) is 11.2. The van der Waals surface area contributed by atoms with Gasteiger partial charge < -0.3 is 29.4 Å². The molecule has 0 saturated heterocycles. The van der Waals surface area contributed by atoms with Gasteiger partial charge in [-0.05, 0) is 49.2 Å². The topological polar surface area (TPSA) is 113 Å². The zero-order chi connectivity index (χ0) is 25.8. The normalized spacial score (nSPS) is 14.2. The number of hydrogen-bond acceptors (Lipinski definition) is 8. The molecule has 0 saturated carbocycles. The van der Waals surface area contributed by atoms with Crippen molar-refractivity contribution in [3.63, 3.8) is 0 Å². The molecule has 1 aliphatic rings. The maximum Gasteiger partial charge on any atom is 0.349 e. The van der Waals surface area contributed by atoms with Crippen LogP contribution < -0.4 is 29.4 Å². The van der Waals surface area contributed by atoms with Crippen molar-refractivity contribution in [2.45, 2.75) is 19.8 Å². The number of nitriles is 1. The third kappa shape index (κ3) is 4.77. The van der Waals surface area contributed by atoms with Gasteiger partial charge in [-0.1, -0.05) is 24.3 Å². The average molecular weight is 487 g/mol. The van der Waals surface area contributed by atoms with E-state index < -0.39 is 11.9 Å². The minimum Gasteiger partial charge on any atom is -0.497 e. The number of para-hydroxylation sites is 1. The maximum atomic E-state index is 12.5. The predicted molar refractivity (Wildman–Crippen MR) is 132 cm³/mol. The molecule has 0 radical (unpaired) electrons. The van der Waals surface area contributed by atoms with E-state index in [2.05, 4.69) is 6.07 Å². The smallest absolute Gasteiger partial charge is 0.349 e. The highest BCUT2D eigenvalue weighted by Crippen LogP contribution is 2.46. The Morgan fingerprint density at radius 1 is 1.00 bits per heavy atom. The zero-order valence-electron chi connectivity index (χ0n) is 20.5. The van der Waals surface area contributed by atoms with Gasteiger partial charge in [0.25, 0.3) is 0 Å². The van der Waals surface area contributed by atoms with Crippen LogP contribution in [0.4, 0.5) is 0 Å². The van der Waals surface area contributed by atoms with Gasteiger partial charge >= 0.3 is 5.97 Å². The first-order valence-electron chi connectivity index (χ1n) is 11.2. The number of carbonyl (C=O) groups is 1. The molecule has 2 N–H and O–H groups in total. The van der Waals surface area contributed by atoms with Crippen molar-refractivity contribution < 1.29 is 28.5 Å². The fourth-order valence-electron chi connectivity index (χ4n) is 4.20. The van der Waals surface area contributed by atoms with E-state index in [4.69, 9.17) is 29.4 Å². The first kappa shape index (κ1) is 24.5. The van der Waals surface area contributed by atoms with Crippen LogP contribution in [0.15, 0.2) is 66.1 Å². The molecule has 0 aromatic heterocycles. The molecule has 3 aromatic carbocycles. The summed E-state index contributed by atoms with van der Waals surface area (Å²) in [6, 6.07) is 18.2. The highest BCUT2D eigenvalue weighted by Gasteiger charge is 2.33. The van der Waals surface area contributed by atoms with Crippen molar-refractivity contribution >= 4 is 5.97 Å².